The summed E-state index contributed by atoms with van der Waals surface area (Å²) >= 11 is 0. The number of hydrogen-bond acceptors (Lipinski definition) is 4. The van der Waals surface area contributed by atoms with Gasteiger partial charge in [-0.2, -0.15) is 4.98 Å². The number of nitrogens with one attached hydrogen (secondary N) is 2. The van der Waals surface area contributed by atoms with Crippen molar-refractivity contribution in [2.75, 3.05) is 0 Å². The van der Waals surface area contributed by atoms with E-state index in [0.29, 0.717) is 11.7 Å². The highest BCUT2D eigenvalue weighted by Gasteiger charge is 2.24. The van der Waals surface area contributed by atoms with Gasteiger partial charge in [-0.1, -0.05) is 45.7 Å². The van der Waals surface area contributed by atoms with Crippen molar-refractivity contribution in [1.29, 1.82) is 0 Å². The molecule has 1 rings (SSSR count). The Kier molecular flexibility index (Phi) is 5.36. The molecule has 2 atom stereocenters. The summed E-state index contributed by atoms with van der Waals surface area (Å²) in [6.45, 7) is 11.6. The molecule has 21 heavy (non-hydrogen) atoms. The molecular weight excluding hydrogens is 268 g/mol. The molecule has 0 saturated heterocycles. The minimum atomic E-state index is -0.390. The molecule has 0 fully saturated rings. The molecule has 116 valence electrons. The summed E-state index contributed by atoms with van der Waals surface area (Å²) in [5.41, 5.74) is -0.198. The van der Waals surface area contributed by atoms with Crippen LogP contribution in [0.25, 0.3) is 0 Å². The van der Waals surface area contributed by atoms with Gasteiger partial charge in [0.1, 0.15) is 6.04 Å². The first kappa shape index (κ1) is 17.0. The van der Waals surface area contributed by atoms with E-state index in [1.54, 1.807) is 6.92 Å². The number of terminal acetylenes is 1. The summed E-state index contributed by atoms with van der Waals surface area (Å²) < 4.78 is 5.19. The van der Waals surface area contributed by atoms with E-state index < -0.39 is 0 Å². The third kappa shape index (κ3) is 4.78. The lowest BCUT2D eigenvalue weighted by Gasteiger charge is -2.18. The number of nitrogens with zero attached hydrogens (tertiary/aromatic N) is 2. The largest absolute Gasteiger partial charge is 0.337 e. The Morgan fingerprint density at radius 2 is 1.90 bits per heavy atom. The Balaban J connectivity index is 2.65. The minimum Gasteiger partial charge on any atom is -0.337 e. The number of amides is 2. The first-order valence-corrected chi connectivity index (χ1v) is 7.02. The van der Waals surface area contributed by atoms with Crippen LogP contribution in [-0.2, 0) is 5.41 Å². The summed E-state index contributed by atoms with van der Waals surface area (Å²) in [4.78, 5) is 16.2. The number of aromatic nitrogens is 2. The Morgan fingerprint density at radius 1 is 1.29 bits per heavy atom. The van der Waals surface area contributed by atoms with Gasteiger partial charge in [0.05, 0.1) is 6.04 Å². The second-order valence-electron chi connectivity index (χ2n) is 6.43. The van der Waals surface area contributed by atoms with Gasteiger partial charge in [-0.3, -0.25) is 0 Å². The fourth-order valence-corrected chi connectivity index (χ4v) is 1.56. The van der Waals surface area contributed by atoms with Crippen molar-refractivity contribution in [1.82, 2.24) is 20.8 Å². The Morgan fingerprint density at radius 3 is 2.33 bits per heavy atom. The van der Waals surface area contributed by atoms with Crippen LogP contribution in [0.2, 0.25) is 0 Å². The fourth-order valence-electron chi connectivity index (χ4n) is 1.56. The van der Waals surface area contributed by atoms with Crippen molar-refractivity contribution in [3.63, 3.8) is 0 Å². The number of carbonyl (C=O) groups excluding carboxylic acids is 1. The first-order valence-electron chi connectivity index (χ1n) is 7.02. The van der Waals surface area contributed by atoms with Gasteiger partial charge in [-0.05, 0) is 12.8 Å². The molecule has 0 aliphatic carbocycles. The third-order valence-corrected chi connectivity index (χ3v) is 2.96. The van der Waals surface area contributed by atoms with E-state index in [2.05, 4.69) is 26.7 Å². The van der Waals surface area contributed by atoms with Gasteiger partial charge in [0.2, 0.25) is 5.89 Å². The molecule has 2 amide bonds. The van der Waals surface area contributed by atoms with Crippen molar-refractivity contribution >= 4 is 6.03 Å². The molecule has 0 unspecified atom stereocenters. The number of carbonyl (C=O) groups is 1. The minimum absolute atomic E-state index is 0.159. The lowest BCUT2D eigenvalue weighted by Crippen LogP contribution is -2.44. The summed E-state index contributed by atoms with van der Waals surface area (Å²) in [5, 5.41) is 9.40. The molecule has 0 aliphatic heterocycles. The van der Waals surface area contributed by atoms with E-state index in [0.717, 1.165) is 0 Å². The summed E-state index contributed by atoms with van der Waals surface area (Å²) in [5.74, 6) is 3.68. The van der Waals surface area contributed by atoms with Crippen molar-refractivity contribution in [3.8, 4) is 12.3 Å². The zero-order valence-corrected chi connectivity index (χ0v) is 13.5. The maximum atomic E-state index is 11.9. The Bertz CT molecular complexity index is 523. The average molecular weight is 292 g/mol. The summed E-state index contributed by atoms with van der Waals surface area (Å²) in [7, 11) is 0. The van der Waals surface area contributed by atoms with Crippen LogP contribution in [0, 0.1) is 18.3 Å². The molecule has 0 aromatic carbocycles. The van der Waals surface area contributed by atoms with Crippen LogP contribution in [0.15, 0.2) is 4.52 Å². The SMILES string of the molecule is C#C[C@@H](NC(=O)N[C@H](C)c1nc(C(C)(C)C)no1)C(C)C. The molecular formula is C15H24N4O2. The van der Waals surface area contributed by atoms with Gasteiger partial charge in [0, 0.05) is 5.41 Å². The second-order valence-corrected chi connectivity index (χ2v) is 6.43. The Hall–Kier alpha value is -2.03. The molecule has 0 spiro atoms. The lowest BCUT2D eigenvalue weighted by atomic mass is 9.96. The van der Waals surface area contributed by atoms with Crippen LogP contribution in [-0.4, -0.2) is 22.2 Å². The zero-order chi connectivity index (χ0) is 16.2. The highest BCUT2D eigenvalue weighted by atomic mass is 16.5. The van der Waals surface area contributed by atoms with Crippen molar-refractivity contribution < 1.29 is 9.32 Å². The number of rotatable bonds is 4. The molecule has 6 nitrogen and oxygen atoms in total. The first-order chi connectivity index (χ1) is 9.65. The monoisotopic (exact) mass is 292 g/mol. The van der Waals surface area contributed by atoms with Gasteiger partial charge < -0.3 is 15.2 Å². The summed E-state index contributed by atoms with van der Waals surface area (Å²) in [6, 6.07) is -1.06. The number of hydrogen-bond donors (Lipinski definition) is 2. The van der Waals surface area contributed by atoms with Crippen molar-refractivity contribution in [2.24, 2.45) is 5.92 Å². The van der Waals surface area contributed by atoms with E-state index in [1.807, 2.05) is 34.6 Å². The van der Waals surface area contributed by atoms with Gasteiger partial charge in [0.25, 0.3) is 0 Å². The molecule has 0 bridgehead atoms. The molecule has 2 N–H and O–H groups in total. The molecule has 1 aromatic rings. The predicted molar refractivity (Wildman–Crippen MR) is 80.5 cm³/mol. The van der Waals surface area contributed by atoms with Gasteiger partial charge in [-0.25, -0.2) is 4.79 Å². The third-order valence-electron chi connectivity index (χ3n) is 2.96. The second kappa shape index (κ2) is 6.61. The maximum absolute atomic E-state index is 11.9. The zero-order valence-electron chi connectivity index (χ0n) is 13.5. The van der Waals surface area contributed by atoms with Gasteiger partial charge in [-0.15, -0.1) is 6.42 Å². The molecule has 0 aliphatic rings. The molecule has 0 saturated carbocycles. The van der Waals surface area contributed by atoms with Gasteiger partial charge >= 0.3 is 6.03 Å². The highest BCUT2D eigenvalue weighted by Crippen LogP contribution is 2.20. The normalized spacial score (nSPS) is 14.4. The standard InChI is InChI=1S/C15H24N4O2/c1-8-11(9(2)3)17-14(20)16-10(4)12-18-13(19-21-12)15(5,6)7/h1,9-11H,2-7H3,(H2,16,17,20)/t10-,11-/m1/s1. The van der Waals surface area contributed by atoms with Crippen LogP contribution in [0.5, 0.6) is 0 Å². The van der Waals surface area contributed by atoms with Crippen molar-refractivity contribution in [3.05, 3.63) is 11.7 Å². The van der Waals surface area contributed by atoms with E-state index in [1.165, 1.54) is 0 Å². The average Bonchev–Trinajstić information content (AvgIpc) is 2.84. The molecule has 0 radical (unpaired) electrons. The van der Waals surface area contributed by atoms with E-state index >= 15 is 0 Å². The van der Waals surface area contributed by atoms with Crippen molar-refractivity contribution in [2.45, 2.75) is 59.0 Å². The molecule has 1 aromatic heterocycles. The van der Waals surface area contributed by atoms with Crippen LogP contribution in [0.3, 0.4) is 0 Å². The summed E-state index contributed by atoms with van der Waals surface area (Å²) in [6.07, 6.45) is 5.38. The molecule has 6 heteroatoms. The van der Waals surface area contributed by atoms with E-state index in [4.69, 9.17) is 10.9 Å². The maximum Gasteiger partial charge on any atom is 0.316 e. The van der Waals surface area contributed by atoms with Crippen LogP contribution >= 0.6 is 0 Å². The smallest absolute Gasteiger partial charge is 0.316 e. The van der Waals surface area contributed by atoms with E-state index in [-0.39, 0.29) is 29.4 Å². The quantitative estimate of drug-likeness (QED) is 0.835. The fraction of sp³-hybridized carbons (Fsp3) is 0.667. The van der Waals surface area contributed by atoms with Crippen LogP contribution < -0.4 is 10.6 Å². The van der Waals surface area contributed by atoms with E-state index in [9.17, 15) is 4.79 Å². The topological polar surface area (TPSA) is 80.0 Å². The van der Waals surface area contributed by atoms with Gasteiger partial charge in [0.15, 0.2) is 5.82 Å². The predicted octanol–water partition coefficient (Wildman–Crippen LogP) is 2.39. The highest BCUT2D eigenvalue weighted by molar-refractivity contribution is 5.75. The molecule has 1 heterocycles. The van der Waals surface area contributed by atoms with Crippen LogP contribution in [0.1, 0.15) is 59.3 Å². The Labute approximate surface area is 126 Å². The lowest BCUT2D eigenvalue weighted by molar-refractivity contribution is 0.230. The van der Waals surface area contributed by atoms with Crippen LogP contribution in [0.4, 0.5) is 4.79 Å². The number of urea groups is 1.